The minimum Gasteiger partial charge on any atom is -0.497 e. The fraction of sp³-hybridized carbons (Fsp3) is 0.385. The van der Waals surface area contributed by atoms with Crippen molar-refractivity contribution >= 4 is 23.4 Å². The number of methoxy groups -OCH3 is 1. The van der Waals surface area contributed by atoms with E-state index in [1.807, 2.05) is 31.2 Å². The average molecular weight is 478 g/mol. The van der Waals surface area contributed by atoms with Gasteiger partial charge in [0.15, 0.2) is 11.0 Å². The molecule has 0 spiro atoms. The Labute approximate surface area is 205 Å². The third-order valence-electron chi connectivity index (χ3n) is 6.08. The van der Waals surface area contributed by atoms with Gasteiger partial charge in [-0.2, -0.15) is 5.10 Å². The number of hydrogen-bond donors (Lipinski definition) is 1. The average Bonchev–Trinajstić information content (AvgIpc) is 3.31. The lowest BCUT2D eigenvalue weighted by atomic mass is 9.95. The lowest BCUT2D eigenvalue weighted by molar-refractivity contribution is -0.118. The monoisotopic (exact) mass is 477 g/mol. The molecular formula is C26H31N5O2S. The summed E-state index contributed by atoms with van der Waals surface area (Å²) in [6.07, 6.45) is 5.91. The van der Waals surface area contributed by atoms with Crippen LogP contribution in [0.2, 0.25) is 0 Å². The second-order valence-corrected chi connectivity index (χ2v) is 9.53. The maximum atomic E-state index is 12.6. The smallest absolute Gasteiger partial charge is 0.250 e. The van der Waals surface area contributed by atoms with Crippen LogP contribution in [0.1, 0.15) is 56.2 Å². The molecule has 0 saturated heterocycles. The Kier molecular flexibility index (Phi) is 8.00. The number of ether oxygens (including phenoxy) is 1. The molecule has 1 saturated carbocycles. The van der Waals surface area contributed by atoms with Crippen molar-refractivity contribution in [2.75, 3.05) is 12.9 Å². The largest absolute Gasteiger partial charge is 0.497 e. The van der Waals surface area contributed by atoms with Crippen LogP contribution in [0.15, 0.2) is 58.8 Å². The van der Waals surface area contributed by atoms with Crippen molar-refractivity contribution < 1.29 is 9.53 Å². The van der Waals surface area contributed by atoms with Crippen LogP contribution in [0.25, 0.3) is 11.4 Å². The van der Waals surface area contributed by atoms with Gasteiger partial charge in [-0.1, -0.05) is 73.0 Å². The van der Waals surface area contributed by atoms with Crippen LogP contribution in [-0.4, -0.2) is 39.2 Å². The Morgan fingerprint density at radius 2 is 1.91 bits per heavy atom. The van der Waals surface area contributed by atoms with Crippen LogP contribution in [-0.2, 0) is 4.79 Å². The summed E-state index contributed by atoms with van der Waals surface area (Å²) >= 11 is 1.41. The molecule has 0 atom stereocenters. The summed E-state index contributed by atoms with van der Waals surface area (Å²) in [7, 11) is 1.63. The Morgan fingerprint density at radius 3 is 2.65 bits per heavy atom. The Balaban J connectivity index is 1.46. The number of hydrazone groups is 1. The summed E-state index contributed by atoms with van der Waals surface area (Å²) in [6, 6.07) is 16.3. The fourth-order valence-electron chi connectivity index (χ4n) is 4.16. The van der Waals surface area contributed by atoms with Crippen molar-refractivity contribution in [3.8, 4) is 17.1 Å². The second-order valence-electron chi connectivity index (χ2n) is 8.59. The van der Waals surface area contributed by atoms with E-state index in [1.165, 1.54) is 36.6 Å². The first-order valence-corrected chi connectivity index (χ1v) is 12.7. The van der Waals surface area contributed by atoms with Crippen LogP contribution in [0.4, 0.5) is 0 Å². The first-order valence-electron chi connectivity index (χ1n) is 11.7. The van der Waals surface area contributed by atoms with E-state index in [0.29, 0.717) is 11.8 Å². The van der Waals surface area contributed by atoms with Crippen molar-refractivity contribution in [3.05, 3.63) is 59.7 Å². The molecule has 8 heteroatoms. The maximum Gasteiger partial charge on any atom is 0.250 e. The van der Waals surface area contributed by atoms with Gasteiger partial charge in [0.1, 0.15) is 5.75 Å². The molecule has 0 bridgehead atoms. The molecule has 1 aliphatic rings. The zero-order chi connectivity index (χ0) is 23.9. The summed E-state index contributed by atoms with van der Waals surface area (Å²) in [6.45, 7) is 3.93. The van der Waals surface area contributed by atoms with Gasteiger partial charge < -0.3 is 4.74 Å². The number of thioether (sulfide) groups is 1. The van der Waals surface area contributed by atoms with Crippen molar-refractivity contribution in [1.82, 2.24) is 20.2 Å². The van der Waals surface area contributed by atoms with E-state index in [2.05, 4.69) is 56.5 Å². The molecule has 2 aromatic carbocycles. The SMILES string of the molecule is COc1cccc(C(C)=NNC(=O)CSc2nnc(-c3ccc(C)cc3)n2C2CCCCC2)c1. The van der Waals surface area contributed by atoms with Crippen molar-refractivity contribution in [2.45, 2.75) is 57.1 Å². The predicted molar refractivity (Wildman–Crippen MR) is 136 cm³/mol. The predicted octanol–water partition coefficient (Wildman–Crippen LogP) is 5.40. The van der Waals surface area contributed by atoms with Gasteiger partial charge in [-0.15, -0.1) is 10.2 Å². The maximum absolute atomic E-state index is 12.6. The number of aryl methyl sites for hydroxylation is 1. The van der Waals surface area contributed by atoms with E-state index in [4.69, 9.17) is 4.74 Å². The minimum atomic E-state index is -0.178. The highest BCUT2D eigenvalue weighted by atomic mass is 32.2. The molecule has 1 aromatic heterocycles. The van der Waals surface area contributed by atoms with Gasteiger partial charge in [-0.25, -0.2) is 5.43 Å². The Bertz CT molecular complexity index is 1150. The van der Waals surface area contributed by atoms with Crippen LogP contribution in [0, 0.1) is 6.92 Å². The van der Waals surface area contributed by atoms with Crippen molar-refractivity contribution in [3.63, 3.8) is 0 Å². The quantitative estimate of drug-likeness (QED) is 0.267. The topological polar surface area (TPSA) is 81.4 Å². The summed E-state index contributed by atoms with van der Waals surface area (Å²) in [5, 5.41) is 14.0. The molecule has 1 amide bonds. The first-order chi connectivity index (χ1) is 16.5. The fourth-order valence-corrected chi connectivity index (χ4v) is 4.96. The normalized spacial score (nSPS) is 14.7. The number of rotatable bonds is 8. The molecule has 1 aliphatic carbocycles. The van der Waals surface area contributed by atoms with E-state index < -0.39 is 0 Å². The molecule has 0 radical (unpaired) electrons. The summed E-state index contributed by atoms with van der Waals surface area (Å²) < 4.78 is 7.50. The van der Waals surface area contributed by atoms with Gasteiger partial charge in [0.05, 0.1) is 18.6 Å². The highest BCUT2D eigenvalue weighted by Crippen LogP contribution is 2.35. The molecule has 3 aromatic rings. The molecule has 34 heavy (non-hydrogen) atoms. The van der Waals surface area contributed by atoms with Gasteiger partial charge in [0.2, 0.25) is 0 Å². The molecule has 4 rings (SSSR count). The number of nitrogens with one attached hydrogen (secondary N) is 1. The highest BCUT2D eigenvalue weighted by molar-refractivity contribution is 7.99. The summed E-state index contributed by atoms with van der Waals surface area (Å²) in [4.78, 5) is 12.6. The number of amides is 1. The van der Waals surface area contributed by atoms with Gasteiger partial charge in [-0.3, -0.25) is 9.36 Å². The molecule has 7 nitrogen and oxygen atoms in total. The van der Waals surface area contributed by atoms with Crippen LogP contribution in [0.3, 0.4) is 0 Å². The number of carbonyl (C=O) groups excluding carboxylic acids is 1. The van der Waals surface area contributed by atoms with E-state index in [0.717, 1.165) is 40.7 Å². The number of nitrogens with zero attached hydrogens (tertiary/aromatic N) is 4. The number of aromatic nitrogens is 3. The van der Waals surface area contributed by atoms with Crippen LogP contribution < -0.4 is 10.2 Å². The van der Waals surface area contributed by atoms with Gasteiger partial charge in [0.25, 0.3) is 5.91 Å². The number of hydrogen-bond acceptors (Lipinski definition) is 6. The lowest BCUT2D eigenvalue weighted by Crippen LogP contribution is -2.22. The zero-order valence-electron chi connectivity index (χ0n) is 20.0. The molecule has 178 valence electrons. The van der Waals surface area contributed by atoms with Crippen LogP contribution in [0.5, 0.6) is 5.75 Å². The summed E-state index contributed by atoms with van der Waals surface area (Å²) in [5.41, 5.74) is 6.54. The Morgan fingerprint density at radius 1 is 1.15 bits per heavy atom. The third-order valence-corrected chi connectivity index (χ3v) is 7.03. The highest BCUT2D eigenvalue weighted by Gasteiger charge is 2.24. The van der Waals surface area contributed by atoms with E-state index in [1.54, 1.807) is 7.11 Å². The number of benzene rings is 2. The molecule has 1 heterocycles. The first kappa shape index (κ1) is 24.0. The molecule has 0 aliphatic heterocycles. The van der Waals surface area contributed by atoms with E-state index in [9.17, 15) is 4.79 Å². The molecular weight excluding hydrogens is 446 g/mol. The standard InChI is InChI=1S/C26H31N5O2S/c1-18-12-14-20(15-13-18)25-29-30-26(31(25)22-9-5-4-6-10-22)34-17-24(32)28-27-19(2)21-8-7-11-23(16-21)33-3/h7-8,11-16,22H,4-6,9-10,17H2,1-3H3,(H,28,32). The van der Waals surface area contributed by atoms with E-state index >= 15 is 0 Å². The zero-order valence-corrected chi connectivity index (χ0v) is 20.8. The summed E-state index contributed by atoms with van der Waals surface area (Å²) in [5.74, 6) is 1.66. The Hall–Kier alpha value is -3.13. The molecule has 0 unspecified atom stereocenters. The van der Waals surface area contributed by atoms with Crippen molar-refractivity contribution in [1.29, 1.82) is 0 Å². The third kappa shape index (κ3) is 5.86. The van der Waals surface area contributed by atoms with Crippen LogP contribution >= 0.6 is 11.8 Å². The van der Waals surface area contributed by atoms with Gasteiger partial charge in [0, 0.05) is 17.2 Å². The molecule has 1 fully saturated rings. The van der Waals surface area contributed by atoms with Gasteiger partial charge in [-0.05, 0) is 38.8 Å². The van der Waals surface area contributed by atoms with Gasteiger partial charge >= 0.3 is 0 Å². The second kappa shape index (κ2) is 11.3. The lowest BCUT2D eigenvalue weighted by Gasteiger charge is -2.25. The molecule has 1 N–H and O–H groups in total. The minimum absolute atomic E-state index is 0.178. The van der Waals surface area contributed by atoms with E-state index in [-0.39, 0.29) is 11.7 Å². The number of carbonyl (C=O) groups is 1. The van der Waals surface area contributed by atoms with Crippen molar-refractivity contribution in [2.24, 2.45) is 5.10 Å².